The summed E-state index contributed by atoms with van der Waals surface area (Å²) in [6, 6.07) is 17.5. The predicted octanol–water partition coefficient (Wildman–Crippen LogP) is 2.83. The Kier molecular flexibility index (Phi) is 5.78. The Morgan fingerprint density at radius 2 is 1.82 bits per heavy atom. The average Bonchev–Trinajstić information content (AvgIpc) is 2.74. The van der Waals surface area contributed by atoms with E-state index in [1.54, 1.807) is 36.4 Å². The van der Waals surface area contributed by atoms with E-state index in [9.17, 15) is 14.7 Å². The molecule has 0 saturated carbocycles. The van der Waals surface area contributed by atoms with E-state index >= 15 is 0 Å². The molecule has 0 aromatic heterocycles. The molecule has 0 aliphatic heterocycles. The summed E-state index contributed by atoms with van der Waals surface area (Å²) in [6.07, 6.45) is 3.96. The Morgan fingerprint density at radius 1 is 1.00 bits per heavy atom. The van der Waals surface area contributed by atoms with Crippen LogP contribution >= 0.6 is 0 Å². The van der Waals surface area contributed by atoms with Crippen LogP contribution in [0.25, 0.3) is 16.8 Å². The van der Waals surface area contributed by atoms with Gasteiger partial charge < -0.3 is 5.11 Å². The van der Waals surface area contributed by atoms with Crippen LogP contribution in [0.15, 0.2) is 71.8 Å². The van der Waals surface area contributed by atoms with Gasteiger partial charge in [-0.1, -0.05) is 42.5 Å². The van der Waals surface area contributed by atoms with Crippen molar-refractivity contribution in [3.05, 3.63) is 83.4 Å². The molecule has 0 fully saturated rings. The Bertz CT molecular complexity index is 1090. The minimum atomic E-state index is -0.672. The molecule has 0 aliphatic rings. The molecule has 0 heterocycles. The highest BCUT2D eigenvalue weighted by Gasteiger charge is 2.06. The third-order valence-corrected chi connectivity index (χ3v) is 3.99. The van der Waals surface area contributed by atoms with Crippen molar-refractivity contribution in [2.24, 2.45) is 5.10 Å². The summed E-state index contributed by atoms with van der Waals surface area (Å²) < 4.78 is 0. The molecule has 0 aliphatic carbocycles. The van der Waals surface area contributed by atoms with E-state index in [1.807, 2.05) is 24.3 Å². The number of hydrogen-bond donors (Lipinski definition) is 4. The van der Waals surface area contributed by atoms with Gasteiger partial charge in [0.15, 0.2) is 0 Å². The summed E-state index contributed by atoms with van der Waals surface area (Å²) >= 11 is 0. The molecule has 28 heavy (non-hydrogen) atoms. The molecule has 0 saturated heterocycles. The zero-order valence-electron chi connectivity index (χ0n) is 14.7. The number of hydrogen-bond acceptors (Lipinski definition) is 5. The first-order chi connectivity index (χ1) is 13.6. The monoisotopic (exact) mass is 375 g/mol. The van der Waals surface area contributed by atoms with E-state index in [1.165, 1.54) is 17.8 Å². The zero-order valence-corrected chi connectivity index (χ0v) is 14.7. The van der Waals surface area contributed by atoms with Crippen LogP contribution in [0.5, 0.6) is 5.75 Å². The predicted molar refractivity (Wildman–Crippen MR) is 106 cm³/mol. The Morgan fingerprint density at radius 3 is 2.64 bits per heavy atom. The zero-order chi connectivity index (χ0) is 19.9. The first-order valence-electron chi connectivity index (χ1n) is 8.35. The SMILES string of the molecule is O=C(/C=C/c1cccc(C(=O)N/N=C/c2ccc3ccccc3c2O)c1)NO. The average molecular weight is 375 g/mol. The number of amides is 2. The molecule has 0 unspecified atom stereocenters. The fourth-order valence-corrected chi connectivity index (χ4v) is 2.59. The molecule has 0 spiro atoms. The lowest BCUT2D eigenvalue weighted by Gasteiger charge is -2.04. The molecular weight excluding hydrogens is 358 g/mol. The molecule has 4 N–H and O–H groups in total. The third kappa shape index (κ3) is 4.40. The van der Waals surface area contributed by atoms with Gasteiger partial charge in [0, 0.05) is 22.6 Å². The third-order valence-electron chi connectivity index (χ3n) is 3.99. The maximum Gasteiger partial charge on any atom is 0.271 e. The molecule has 140 valence electrons. The van der Waals surface area contributed by atoms with Gasteiger partial charge in [-0.2, -0.15) is 5.10 Å². The second-order valence-corrected chi connectivity index (χ2v) is 5.86. The van der Waals surface area contributed by atoms with Crippen LogP contribution in [0.2, 0.25) is 0 Å². The number of nitrogens with one attached hydrogen (secondary N) is 2. The smallest absolute Gasteiger partial charge is 0.271 e. The fraction of sp³-hybridized carbons (Fsp3) is 0. The van der Waals surface area contributed by atoms with Gasteiger partial charge in [0.25, 0.3) is 11.8 Å². The van der Waals surface area contributed by atoms with E-state index in [2.05, 4.69) is 10.5 Å². The number of hydroxylamine groups is 1. The first kappa shape index (κ1) is 18.8. The number of carbonyl (C=O) groups excluding carboxylic acids is 2. The summed E-state index contributed by atoms with van der Waals surface area (Å²) in [5.74, 6) is -1.03. The lowest BCUT2D eigenvalue weighted by atomic mass is 10.1. The van der Waals surface area contributed by atoms with Crippen LogP contribution in [-0.4, -0.2) is 28.3 Å². The van der Waals surface area contributed by atoms with Crippen LogP contribution in [0.1, 0.15) is 21.5 Å². The molecule has 0 bridgehead atoms. The fourth-order valence-electron chi connectivity index (χ4n) is 2.59. The highest BCUT2D eigenvalue weighted by Crippen LogP contribution is 2.27. The number of hydrazone groups is 1. The quantitative estimate of drug-likeness (QED) is 0.238. The summed E-state index contributed by atoms with van der Waals surface area (Å²) in [7, 11) is 0. The van der Waals surface area contributed by atoms with Crippen molar-refractivity contribution >= 4 is 34.9 Å². The summed E-state index contributed by atoms with van der Waals surface area (Å²) in [6.45, 7) is 0. The van der Waals surface area contributed by atoms with Gasteiger partial charge in [0.2, 0.25) is 0 Å². The van der Waals surface area contributed by atoms with Crippen molar-refractivity contribution in [1.29, 1.82) is 0 Å². The van der Waals surface area contributed by atoms with Gasteiger partial charge >= 0.3 is 0 Å². The normalized spacial score (nSPS) is 11.2. The van der Waals surface area contributed by atoms with E-state index in [-0.39, 0.29) is 5.75 Å². The maximum absolute atomic E-state index is 12.2. The largest absolute Gasteiger partial charge is 0.507 e. The molecular formula is C21H17N3O4. The van der Waals surface area contributed by atoms with Crippen molar-refractivity contribution in [3.8, 4) is 5.75 Å². The number of phenolic OH excluding ortho intramolecular Hbond substituents is 1. The topological polar surface area (TPSA) is 111 Å². The van der Waals surface area contributed by atoms with Crippen molar-refractivity contribution in [1.82, 2.24) is 10.9 Å². The van der Waals surface area contributed by atoms with E-state index in [0.717, 1.165) is 11.5 Å². The van der Waals surface area contributed by atoms with E-state index in [0.29, 0.717) is 22.1 Å². The van der Waals surface area contributed by atoms with Crippen molar-refractivity contribution < 1.29 is 19.9 Å². The van der Waals surface area contributed by atoms with Crippen LogP contribution in [-0.2, 0) is 4.79 Å². The number of rotatable bonds is 5. The van der Waals surface area contributed by atoms with Crippen molar-refractivity contribution in [2.75, 3.05) is 0 Å². The Balaban J connectivity index is 1.71. The van der Waals surface area contributed by atoms with Crippen LogP contribution in [0, 0.1) is 0 Å². The van der Waals surface area contributed by atoms with Gasteiger partial charge in [0.1, 0.15) is 5.75 Å². The molecule has 0 atom stereocenters. The van der Waals surface area contributed by atoms with Gasteiger partial charge in [-0.05, 0) is 35.2 Å². The molecule has 7 nitrogen and oxygen atoms in total. The number of fused-ring (bicyclic) bond motifs is 1. The number of aromatic hydroxyl groups is 1. The van der Waals surface area contributed by atoms with Gasteiger partial charge in [-0.25, -0.2) is 10.9 Å². The number of nitrogens with zero attached hydrogens (tertiary/aromatic N) is 1. The molecule has 2 amide bonds. The summed E-state index contributed by atoms with van der Waals surface area (Å²) in [5, 5.41) is 24.3. The van der Waals surface area contributed by atoms with Crippen LogP contribution in [0.3, 0.4) is 0 Å². The Hall–Kier alpha value is -3.97. The standard InChI is InChI=1S/C21H17N3O4/c25-19(24-28)11-8-14-4-3-6-16(12-14)21(27)23-22-13-17-10-9-15-5-1-2-7-18(15)20(17)26/h1-13,26,28H,(H,23,27)(H,24,25)/b11-8+,22-13+. The van der Waals surface area contributed by atoms with Crippen molar-refractivity contribution in [3.63, 3.8) is 0 Å². The van der Waals surface area contributed by atoms with E-state index < -0.39 is 11.8 Å². The summed E-state index contributed by atoms with van der Waals surface area (Å²) in [4.78, 5) is 23.3. The molecule has 3 aromatic carbocycles. The second kappa shape index (κ2) is 8.61. The van der Waals surface area contributed by atoms with Gasteiger partial charge in [0.05, 0.1) is 6.21 Å². The van der Waals surface area contributed by atoms with Gasteiger partial charge in [-0.15, -0.1) is 0 Å². The van der Waals surface area contributed by atoms with E-state index in [4.69, 9.17) is 5.21 Å². The van der Waals surface area contributed by atoms with Crippen LogP contribution in [0.4, 0.5) is 0 Å². The number of benzene rings is 3. The minimum Gasteiger partial charge on any atom is -0.507 e. The first-order valence-corrected chi connectivity index (χ1v) is 8.35. The lowest BCUT2D eigenvalue weighted by Crippen LogP contribution is -2.17. The highest BCUT2D eigenvalue weighted by atomic mass is 16.5. The van der Waals surface area contributed by atoms with Gasteiger partial charge in [-0.3, -0.25) is 14.8 Å². The highest BCUT2D eigenvalue weighted by molar-refractivity contribution is 5.99. The van der Waals surface area contributed by atoms with Crippen LogP contribution < -0.4 is 10.9 Å². The molecule has 3 rings (SSSR count). The maximum atomic E-state index is 12.2. The molecule has 3 aromatic rings. The lowest BCUT2D eigenvalue weighted by molar-refractivity contribution is -0.124. The minimum absolute atomic E-state index is 0.0883. The second-order valence-electron chi connectivity index (χ2n) is 5.86. The Labute approximate surface area is 160 Å². The number of carbonyl (C=O) groups is 2. The number of phenols is 1. The van der Waals surface area contributed by atoms with Crippen molar-refractivity contribution in [2.45, 2.75) is 0 Å². The molecule has 0 radical (unpaired) electrons. The molecule has 7 heteroatoms. The summed E-state index contributed by atoms with van der Waals surface area (Å²) in [5.41, 5.74) is 5.31.